The first-order valence-electron chi connectivity index (χ1n) is 10.4. The van der Waals surface area contributed by atoms with Crippen LogP contribution in [-0.2, 0) is 19.4 Å². The Hall–Kier alpha value is -2.87. The van der Waals surface area contributed by atoms with E-state index in [1.165, 1.54) is 0 Å². The first-order chi connectivity index (χ1) is 14.6. The van der Waals surface area contributed by atoms with Crippen LogP contribution in [-0.4, -0.2) is 31.1 Å². The van der Waals surface area contributed by atoms with Crippen molar-refractivity contribution in [3.63, 3.8) is 0 Å². The third-order valence-electron chi connectivity index (χ3n) is 6.14. The molecule has 2 aromatic rings. The van der Waals surface area contributed by atoms with Crippen molar-refractivity contribution in [3.05, 3.63) is 47.5 Å². The number of aryl methyl sites for hydroxylation is 2. The Balaban J connectivity index is 1.68. The van der Waals surface area contributed by atoms with Crippen LogP contribution in [0.5, 0.6) is 5.75 Å². The van der Waals surface area contributed by atoms with Crippen molar-refractivity contribution in [1.29, 1.82) is 0 Å². The predicted molar refractivity (Wildman–Crippen MR) is 118 cm³/mol. The Morgan fingerprint density at radius 1 is 1.13 bits per heavy atom. The molecule has 1 atom stereocenters. The fourth-order valence-electron chi connectivity index (χ4n) is 4.30. The van der Waals surface area contributed by atoms with Crippen LogP contribution in [0.2, 0.25) is 0 Å². The van der Waals surface area contributed by atoms with Gasteiger partial charge in [-0.05, 0) is 69.0 Å². The Kier molecular flexibility index (Phi) is 5.29. The number of nitrogens with one attached hydrogen (secondary N) is 2. The number of hydrogen-bond acceptors (Lipinski definition) is 5. The molecule has 1 fully saturated rings. The molecule has 7 nitrogen and oxygen atoms in total. The van der Waals surface area contributed by atoms with Crippen LogP contribution in [0.4, 0.5) is 11.4 Å². The highest BCUT2D eigenvalue weighted by molar-refractivity contribution is 7.93. The summed E-state index contributed by atoms with van der Waals surface area (Å²) in [5.74, 6) is -0.313. The number of amides is 2. The zero-order valence-corrected chi connectivity index (χ0v) is 18.6. The number of rotatable bonds is 4. The van der Waals surface area contributed by atoms with Gasteiger partial charge in [0.2, 0.25) is 5.91 Å². The average molecular weight is 443 g/mol. The molecule has 2 amide bonds. The van der Waals surface area contributed by atoms with Gasteiger partial charge in [-0.2, -0.15) is 0 Å². The van der Waals surface area contributed by atoms with E-state index in [1.54, 1.807) is 44.2 Å². The summed E-state index contributed by atoms with van der Waals surface area (Å²) < 4.78 is 31.5. The van der Waals surface area contributed by atoms with Crippen LogP contribution in [0.3, 0.4) is 0 Å². The first kappa shape index (κ1) is 21.4. The Morgan fingerprint density at radius 3 is 2.55 bits per heavy atom. The van der Waals surface area contributed by atoms with Crippen molar-refractivity contribution in [2.24, 2.45) is 0 Å². The summed E-state index contributed by atoms with van der Waals surface area (Å²) in [5.41, 5.74) is 2.31. The van der Waals surface area contributed by atoms with Crippen molar-refractivity contribution in [2.45, 2.75) is 62.2 Å². The Morgan fingerprint density at radius 2 is 1.84 bits per heavy atom. The van der Waals surface area contributed by atoms with Crippen LogP contribution < -0.4 is 15.4 Å². The average Bonchev–Trinajstić information content (AvgIpc) is 3.23. The summed E-state index contributed by atoms with van der Waals surface area (Å²) in [7, 11) is -3.91. The summed E-state index contributed by atoms with van der Waals surface area (Å²) in [6.45, 7) is 5.24. The minimum atomic E-state index is -3.91. The monoisotopic (exact) mass is 442 g/mol. The normalized spacial score (nSPS) is 19.8. The highest BCUT2D eigenvalue weighted by atomic mass is 32.2. The zero-order chi connectivity index (χ0) is 22.4. The fraction of sp³-hybridized carbons (Fsp3) is 0.391. The molecule has 2 aromatic carbocycles. The molecule has 2 aliphatic rings. The smallest absolute Gasteiger partial charge is 0.265 e. The van der Waals surface area contributed by atoms with Crippen LogP contribution >= 0.6 is 0 Å². The highest BCUT2D eigenvalue weighted by Crippen LogP contribution is 2.43. The molecule has 164 valence electrons. The van der Waals surface area contributed by atoms with Gasteiger partial charge in [0.25, 0.3) is 5.91 Å². The van der Waals surface area contributed by atoms with E-state index in [1.807, 2.05) is 13.0 Å². The predicted octanol–water partition coefficient (Wildman–Crippen LogP) is 3.75. The third-order valence-corrected chi connectivity index (χ3v) is 8.78. The molecule has 1 saturated carbocycles. The second-order valence-corrected chi connectivity index (χ2v) is 10.6. The minimum absolute atomic E-state index is 0.213. The van der Waals surface area contributed by atoms with Crippen LogP contribution in [0.25, 0.3) is 0 Å². The van der Waals surface area contributed by atoms with Gasteiger partial charge in [0.1, 0.15) is 5.75 Å². The molecule has 0 bridgehead atoms. The summed E-state index contributed by atoms with van der Waals surface area (Å²) in [6.07, 6.45) is 1.29. The lowest BCUT2D eigenvalue weighted by atomic mass is 10.1. The zero-order valence-electron chi connectivity index (χ0n) is 17.8. The fourth-order valence-corrected chi connectivity index (χ4v) is 6.68. The SMILES string of the molecule is Cc1ccc(C)c(S(=O)(=O)C2(C(=O)Nc3ccc4c(c3)NC(=O)C(C)O4)CCCC2)c1. The highest BCUT2D eigenvalue weighted by Gasteiger charge is 2.53. The van der Waals surface area contributed by atoms with E-state index in [4.69, 9.17) is 4.74 Å². The summed E-state index contributed by atoms with van der Waals surface area (Å²) in [5, 5.41) is 5.52. The number of anilines is 2. The van der Waals surface area contributed by atoms with Crippen molar-refractivity contribution < 1.29 is 22.7 Å². The number of carbonyl (C=O) groups is 2. The van der Waals surface area contributed by atoms with Gasteiger partial charge in [0, 0.05) is 5.69 Å². The molecule has 0 spiro atoms. The van der Waals surface area contributed by atoms with Gasteiger partial charge in [0.15, 0.2) is 20.7 Å². The molecule has 4 rings (SSSR count). The van der Waals surface area contributed by atoms with Crippen molar-refractivity contribution in [2.75, 3.05) is 10.6 Å². The van der Waals surface area contributed by atoms with E-state index in [2.05, 4.69) is 10.6 Å². The van der Waals surface area contributed by atoms with E-state index < -0.39 is 26.6 Å². The number of sulfone groups is 1. The van der Waals surface area contributed by atoms with E-state index in [-0.39, 0.29) is 23.6 Å². The largest absolute Gasteiger partial charge is 0.479 e. The molecular formula is C23H26N2O5S. The van der Waals surface area contributed by atoms with Gasteiger partial charge < -0.3 is 15.4 Å². The second kappa shape index (κ2) is 7.67. The van der Waals surface area contributed by atoms with E-state index >= 15 is 0 Å². The molecule has 0 saturated heterocycles. The van der Waals surface area contributed by atoms with E-state index in [0.717, 1.165) is 5.56 Å². The Bertz CT molecular complexity index is 1170. The maximum Gasteiger partial charge on any atom is 0.265 e. The minimum Gasteiger partial charge on any atom is -0.479 e. The maximum absolute atomic E-state index is 13.7. The lowest BCUT2D eigenvalue weighted by molar-refractivity contribution is -0.122. The lowest BCUT2D eigenvalue weighted by Crippen LogP contribution is -2.47. The number of hydrogen-bond donors (Lipinski definition) is 2. The van der Waals surface area contributed by atoms with Gasteiger partial charge in [-0.15, -0.1) is 0 Å². The van der Waals surface area contributed by atoms with Crippen molar-refractivity contribution in [1.82, 2.24) is 0 Å². The molecule has 31 heavy (non-hydrogen) atoms. The van der Waals surface area contributed by atoms with E-state index in [9.17, 15) is 18.0 Å². The van der Waals surface area contributed by atoms with E-state index in [0.29, 0.717) is 35.5 Å². The van der Waals surface area contributed by atoms with Crippen LogP contribution in [0.1, 0.15) is 43.7 Å². The third kappa shape index (κ3) is 3.59. The number of carbonyl (C=O) groups excluding carboxylic acids is 2. The lowest BCUT2D eigenvalue weighted by Gasteiger charge is -2.29. The summed E-state index contributed by atoms with van der Waals surface area (Å²) in [4.78, 5) is 25.5. The summed E-state index contributed by atoms with van der Waals surface area (Å²) >= 11 is 0. The first-order valence-corrected chi connectivity index (χ1v) is 11.9. The second-order valence-electron chi connectivity index (χ2n) is 8.39. The molecule has 1 heterocycles. The Labute approximate surface area is 182 Å². The molecule has 0 radical (unpaired) electrons. The van der Waals surface area contributed by atoms with Crippen LogP contribution in [0.15, 0.2) is 41.3 Å². The van der Waals surface area contributed by atoms with Crippen LogP contribution in [0, 0.1) is 13.8 Å². The molecule has 2 N–H and O–H groups in total. The number of benzene rings is 2. The van der Waals surface area contributed by atoms with Gasteiger partial charge in [-0.1, -0.05) is 25.0 Å². The van der Waals surface area contributed by atoms with Gasteiger partial charge in [-0.25, -0.2) is 8.42 Å². The number of ether oxygens (including phenoxy) is 1. The number of fused-ring (bicyclic) bond motifs is 1. The quantitative estimate of drug-likeness (QED) is 0.751. The maximum atomic E-state index is 13.7. The van der Waals surface area contributed by atoms with Gasteiger partial charge >= 0.3 is 0 Å². The molecule has 0 aromatic heterocycles. The topological polar surface area (TPSA) is 102 Å². The van der Waals surface area contributed by atoms with Crippen molar-refractivity contribution in [3.8, 4) is 5.75 Å². The van der Waals surface area contributed by atoms with Crippen molar-refractivity contribution >= 4 is 33.0 Å². The molecule has 1 aliphatic carbocycles. The standard InChI is InChI=1S/C23H26N2O5S/c1-14-6-7-15(2)20(12-14)31(28,29)23(10-4-5-11-23)22(27)24-17-8-9-19-18(13-17)25-21(26)16(3)30-19/h6-9,12-13,16H,4-5,10-11H2,1-3H3,(H,24,27)(H,25,26). The van der Waals surface area contributed by atoms with Gasteiger partial charge in [-0.3, -0.25) is 9.59 Å². The molecular weight excluding hydrogens is 416 g/mol. The molecule has 1 unspecified atom stereocenters. The summed E-state index contributed by atoms with van der Waals surface area (Å²) in [6, 6.07) is 10.2. The van der Waals surface area contributed by atoms with Gasteiger partial charge in [0.05, 0.1) is 10.6 Å². The molecule has 8 heteroatoms. The molecule has 1 aliphatic heterocycles.